The Labute approximate surface area is 194 Å². The number of carbonyl (C=O) groups excluding carboxylic acids is 2. The van der Waals surface area contributed by atoms with Crippen molar-refractivity contribution in [2.45, 2.75) is 12.5 Å². The van der Waals surface area contributed by atoms with Crippen LogP contribution in [0.2, 0.25) is 0 Å². The summed E-state index contributed by atoms with van der Waals surface area (Å²) in [6.45, 7) is -0.637. The van der Waals surface area contributed by atoms with Crippen LogP contribution in [0.5, 0.6) is 17.2 Å². The van der Waals surface area contributed by atoms with Gasteiger partial charge in [-0.25, -0.2) is 13.8 Å². The number of alkyl halides is 2. The smallest absolute Gasteiger partial charge is 0.272 e. The first-order valence-corrected chi connectivity index (χ1v) is 10.6. The van der Waals surface area contributed by atoms with Crippen molar-refractivity contribution in [1.82, 2.24) is 19.7 Å². The van der Waals surface area contributed by atoms with E-state index in [1.54, 1.807) is 36.3 Å². The minimum Gasteiger partial charge on any atom is -0.485 e. The maximum absolute atomic E-state index is 13.0. The van der Waals surface area contributed by atoms with E-state index in [4.69, 9.17) is 9.47 Å². The molecule has 11 heteroatoms. The van der Waals surface area contributed by atoms with E-state index in [0.717, 1.165) is 6.42 Å². The first kappa shape index (κ1) is 23.1. The maximum atomic E-state index is 13.0. The van der Waals surface area contributed by atoms with Crippen LogP contribution in [0.4, 0.5) is 14.6 Å². The maximum Gasteiger partial charge on any atom is 0.272 e. The van der Waals surface area contributed by atoms with Gasteiger partial charge >= 0.3 is 0 Å². The molecule has 0 unspecified atom stereocenters. The lowest BCUT2D eigenvalue weighted by molar-refractivity contribution is 0.0645. The molecule has 4 rings (SSSR count). The van der Waals surface area contributed by atoms with Crippen molar-refractivity contribution in [2.24, 2.45) is 7.05 Å². The molecule has 3 aromatic rings. The number of aryl methyl sites for hydroxylation is 1. The lowest BCUT2D eigenvalue weighted by atomic mass is 10.2. The van der Waals surface area contributed by atoms with Crippen LogP contribution in [-0.4, -0.2) is 64.0 Å². The van der Waals surface area contributed by atoms with E-state index < -0.39 is 25.4 Å². The van der Waals surface area contributed by atoms with Crippen LogP contribution < -0.4 is 14.8 Å². The molecule has 0 bridgehead atoms. The van der Waals surface area contributed by atoms with Gasteiger partial charge in [0.25, 0.3) is 11.8 Å². The molecule has 2 amide bonds. The van der Waals surface area contributed by atoms with Crippen LogP contribution in [0, 0.1) is 0 Å². The van der Waals surface area contributed by atoms with Gasteiger partial charge in [-0.1, -0.05) is 0 Å². The standard InChI is InChI=1S/C23H23F2N5O4/c1-29-8-5-21(28-29)27-22(31)15-9-17(11-18(10-15)34-19(12-24)13-25)33-16-3-4-20(26-14-16)23(32)30-6-2-7-30/h3-5,8-11,14,19H,2,6-7,12-13H2,1H3,(H,27,28,31). The number of nitrogens with one attached hydrogen (secondary N) is 1. The first-order valence-electron chi connectivity index (χ1n) is 10.6. The molecule has 1 N–H and O–H groups in total. The first-order chi connectivity index (χ1) is 16.4. The molecule has 0 saturated carbocycles. The van der Waals surface area contributed by atoms with Crippen molar-refractivity contribution in [3.63, 3.8) is 0 Å². The number of rotatable bonds is 9. The molecular formula is C23H23F2N5O4. The Kier molecular flexibility index (Phi) is 7.00. The van der Waals surface area contributed by atoms with Gasteiger partial charge in [0.15, 0.2) is 11.9 Å². The van der Waals surface area contributed by atoms with E-state index >= 15 is 0 Å². The van der Waals surface area contributed by atoms with E-state index in [-0.39, 0.29) is 23.0 Å². The largest absolute Gasteiger partial charge is 0.485 e. The normalized spacial score (nSPS) is 12.9. The summed E-state index contributed by atoms with van der Waals surface area (Å²) in [4.78, 5) is 30.9. The second kappa shape index (κ2) is 10.3. The Morgan fingerprint density at radius 1 is 1.09 bits per heavy atom. The van der Waals surface area contributed by atoms with Gasteiger partial charge in [-0.3, -0.25) is 14.3 Å². The van der Waals surface area contributed by atoms with Crippen molar-refractivity contribution >= 4 is 17.6 Å². The number of hydrogen-bond donors (Lipinski definition) is 1. The second-order valence-electron chi connectivity index (χ2n) is 7.70. The number of halogens is 2. The van der Waals surface area contributed by atoms with Crippen LogP contribution in [0.3, 0.4) is 0 Å². The zero-order valence-electron chi connectivity index (χ0n) is 18.4. The number of benzene rings is 1. The van der Waals surface area contributed by atoms with Crippen LogP contribution in [-0.2, 0) is 7.05 Å². The third-order valence-electron chi connectivity index (χ3n) is 5.08. The van der Waals surface area contributed by atoms with E-state index in [2.05, 4.69) is 15.4 Å². The average Bonchev–Trinajstić information content (AvgIpc) is 3.21. The van der Waals surface area contributed by atoms with E-state index in [1.807, 2.05) is 0 Å². The molecule has 0 spiro atoms. The summed E-state index contributed by atoms with van der Waals surface area (Å²) in [5.74, 6) is 0.217. The Morgan fingerprint density at radius 3 is 2.44 bits per heavy atom. The molecule has 1 aliphatic rings. The number of ether oxygens (including phenoxy) is 2. The number of carbonyl (C=O) groups is 2. The molecule has 3 heterocycles. The van der Waals surface area contributed by atoms with Crippen LogP contribution in [0.25, 0.3) is 0 Å². The number of pyridine rings is 1. The van der Waals surface area contributed by atoms with Crippen molar-refractivity contribution < 1.29 is 27.8 Å². The van der Waals surface area contributed by atoms with Gasteiger partial charge in [0.1, 0.15) is 36.3 Å². The monoisotopic (exact) mass is 471 g/mol. The number of anilines is 1. The lowest BCUT2D eigenvalue weighted by Gasteiger charge is -2.30. The van der Waals surface area contributed by atoms with Crippen LogP contribution in [0.15, 0.2) is 48.8 Å². The highest BCUT2D eigenvalue weighted by molar-refractivity contribution is 6.04. The summed E-state index contributed by atoms with van der Waals surface area (Å²) in [6, 6.07) is 8.96. The van der Waals surface area contributed by atoms with Crippen LogP contribution >= 0.6 is 0 Å². The molecule has 34 heavy (non-hydrogen) atoms. The lowest BCUT2D eigenvalue weighted by Crippen LogP contribution is -2.42. The predicted molar refractivity (Wildman–Crippen MR) is 119 cm³/mol. The fourth-order valence-electron chi connectivity index (χ4n) is 3.18. The zero-order chi connectivity index (χ0) is 24.1. The average molecular weight is 471 g/mol. The van der Waals surface area contributed by atoms with E-state index in [9.17, 15) is 18.4 Å². The van der Waals surface area contributed by atoms with Gasteiger partial charge in [-0.2, -0.15) is 5.10 Å². The Bertz CT molecular complexity index is 1160. The highest BCUT2D eigenvalue weighted by Gasteiger charge is 2.22. The van der Waals surface area contributed by atoms with E-state index in [0.29, 0.717) is 30.4 Å². The number of hydrogen-bond acceptors (Lipinski definition) is 6. The number of amides is 2. The minimum absolute atomic E-state index is 0.0570. The summed E-state index contributed by atoms with van der Waals surface area (Å²) in [5.41, 5.74) is 0.431. The highest BCUT2D eigenvalue weighted by Crippen LogP contribution is 2.29. The number of aromatic nitrogens is 3. The summed E-state index contributed by atoms with van der Waals surface area (Å²) >= 11 is 0. The zero-order valence-corrected chi connectivity index (χ0v) is 18.4. The fourth-order valence-corrected chi connectivity index (χ4v) is 3.18. The Morgan fingerprint density at radius 2 is 1.85 bits per heavy atom. The van der Waals surface area contributed by atoms with Gasteiger partial charge in [0.05, 0.1) is 6.20 Å². The van der Waals surface area contributed by atoms with Gasteiger partial charge in [0, 0.05) is 44.0 Å². The molecule has 0 aliphatic carbocycles. The summed E-state index contributed by atoms with van der Waals surface area (Å²) < 4.78 is 38.7. The van der Waals surface area contributed by atoms with Gasteiger partial charge in [-0.15, -0.1) is 0 Å². The molecule has 1 saturated heterocycles. The summed E-state index contributed by atoms with van der Waals surface area (Å²) in [7, 11) is 1.71. The third-order valence-corrected chi connectivity index (χ3v) is 5.08. The Hall–Kier alpha value is -4.02. The number of nitrogens with zero attached hydrogens (tertiary/aromatic N) is 4. The predicted octanol–water partition coefficient (Wildman–Crippen LogP) is 3.39. The quantitative estimate of drug-likeness (QED) is 0.514. The highest BCUT2D eigenvalue weighted by atomic mass is 19.1. The van der Waals surface area contributed by atoms with Crippen molar-refractivity contribution in [1.29, 1.82) is 0 Å². The molecule has 1 fully saturated rings. The molecule has 2 aromatic heterocycles. The van der Waals surface area contributed by atoms with Gasteiger partial charge in [0.2, 0.25) is 0 Å². The minimum atomic E-state index is -1.31. The second-order valence-corrected chi connectivity index (χ2v) is 7.70. The third kappa shape index (κ3) is 5.48. The number of likely N-dealkylation sites (tertiary alicyclic amines) is 1. The summed E-state index contributed by atoms with van der Waals surface area (Å²) in [6.07, 6.45) is 2.73. The molecule has 1 aromatic carbocycles. The van der Waals surface area contributed by atoms with Crippen LogP contribution in [0.1, 0.15) is 27.3 Å². The SMILES string of the molecule is Cn1ccc(NC(=O)c2cc(Oc3ccc(C(=O)N4CCC4)nc3)cc(OC(CF)CF)c2)n1. The molecule has 0 radical (unpaired) electrons. The van der Waals surface area contributed by atoms with Gasteiger partial charge < -0.3 is 19.7 Å². The van der Waals surface area contributed by atoms with Gasteiger partial charge in [-0.05, 0) is 30.7 Å². The molecule has 9 nitrogen and oxygen atoms in total. The van der Waals surface area contributed by atoms with Crippen molar-refractivity contribution in [3.05, 3.63) is 60.0 Å². The molecule has 178 valence electrons. The Balaban J connectivity index is 1.55. The van der Waals surface area contributed by atoms with Crippen molar-refractivity contribution in [3.8, 4) is 17.2 Å². The fraction of sp³-hybridized carbons (Fsp3) is 0.304. The molecule has 1 aliphatic heterocycles. The topological polar surface area (TPSA) is 98.6 Å². The van der Waals surface area contributed by atoms with E-state index in [1.165, 1.54) is 29.1 Å². The summed E-state index contributed by atoms with van der Waals surface area (Å²) in [5, 5.41) is 6.73. The van der Waals surface area contributed by atoms with Crippen molar-refractivity contribution in [2.75, 3.05) is 31.8 Å². The molecular weight excluding hydrogens is 448 g/mol. The molecule has 0 atom stereocenters.